The third-order valence-corrected chi connectivity index (χ3v) is 1.60. The van der Waals surface area contributed by atoms with E-state index in [1.807, 2.05) is 20.8 Å². The van der Waals surface area contributed by atoms with Gasteiger partial charge >= 0.3 is 5.97 Å². The number of carbonyl (C=O) groups is 1. The van der Waals surface area contributed by atoms with Crippen molar-refractivity contribution in [1.82, 2.24) is 0 Å². The molecule has 0 aromatic rings. The molecule has 0 aliphatic heterocycles. The molecule has 0 amide bonds. The lowest BCUT2D eigenvalue weighted by molar-refractivity contribution is -0.138. The van der Waals surface area contributed by atoms with Gasteiger partial charge in [0.1, 0.15) is 0 Å². The number of aliphatic carboxylic acids is 1. The van der Waals surface area contributed by atoms with Crippen molar-refractivity contribution in [3.63, 3.8) is 0 Å². The predicted molar refractivity (Wildman–Crippen MR) is 59.6 cm³/mol. The van der Waals surface area contributed by atoms with Crippen LogP contribution in [0.3, 0.4) is 0 Å². The second-order valence-corrected chi connectivity index (χ2v) is 4.33. The third kappa shape index (κ3) is 13.4. The Hall–Kier alpha value is -0.650. The van der Waals surface area contributed by atoms with Gasteiger partial charge in [0.05, 0.1) is 45.1 Å². The molecule has 0 aromatic heterocycles. The quantitative estimate of drug-likeness (QED) is 0.609. The first-order chi connectivity index (χ1) is 7.42. The zero-order valence-electron chi connectivity index (χ0n) is 10.3. The van der Waals surface area contributed by atoms with Gasteiger partial charge in [0, 0.05) is 0 Å². The average Bonchev–Trinajstić information content (AvgIpc) is 2.13. The predicted octanol–water partition coefficient (Wildman–Crippen LogP) is 1.31. The topological polar surface area (TPSA) is 65.0 Å². The molecule has 0 aromatic carbocycles. The van der Waals surface area contributed by atoms with Crippen molar-refractivity contribution in [2.24, 2.45) is 0 Å². The van der Waals surface area contributed by atoms with E-state index in [0.29, 0.717) is 26.4 Å². The Kier molecular flexibility index (Phi) is 8.15. The largest absolute Gasteiger partial charge is 0.481 e. The van der Waals surface area contributed by atoms with Gasteiger partial charge in [0.15, 0.2) is 0 Å². The van der Waals surface area contributed by atoms with Crippen LogP contribution in [0.15, 0.2) is 0 Å². The molecular weight excluding hydrogens is 212 g/mol. The minimum absolute atomic E-state index is 0.0349. The number of rotatable bonds is 9. The third-order valence-electron chi connectivity index (χ3n) is 1.60. The summed E-state index contributed by atoms with van der Waals surface area (Å²) in [6.45, 7) is 8.16. The summed E-state index contributed by atoms with van der Waals surface area (Å²) in [4.78, 5) is 10.1. The summed E-state index contributed by atoms with van der Waals surface area (Å²) < 4.78 is 15.7. The lowest BCUT2D eigenvalue weighted by Gasteiger charge is -2.19. The van der Waals surface area contributed by atoms with Gasteiger partial charge < -0.3 is 19.3 Å². The summed E-state index contributed by atoms with van der Waals surface area (Å²) in [6, 6.07) is 0. The van der Waals surface area contributed by atoms with E-state index in [9.17, 15) is 4.79 Å². The van der Waals surface area contributed by atoms with E-state index in [1.54, 1.807) is 0 Å². The Morgan fingerprint density at radius 2 is 1.50 bits per heavy atom. The second kappa shape index (κ2) is 8.50. The molecule has 5 nitrogen and oxygen atoms in total. The van der Waals surface area contributed by atoms with Crippen LogP contribution in [-0.2, 0) is 19.0 Å². The molecule has 0 heterocycles. The molecule has 5 heteroatoms. The van der Waals surface area contributed by atoms with Crippen LogP contribution < -0.4 is 0 Å². The maximum absolute atomic E-state index is 10.1. The number of carboxylic acids is 1. The summed E-state index contributed by atoms with van der Waals surface area (Å²) in [5, 5.41) is 8.33. The van der Waals surface area contributed by atoms with Crippen LogP contribution in [0.5, 0.6) is 0 Å². The average molecular weight is 234 g/mol. The van der Waals surface area contributed by atoms with Crippen molar-refractivity contribution in [1.29, 1.82) is 0 Å². The Balaban J connectivity index is 3.07. The normalized spacial score (nSPS) is 11.7. The Bertz CT molecular complexity index is 185. The Labute approximate surface area is 96.7 Å². The van der Waals surface area contributed by atoms with Crippen LogP contribution in [-0.4, -0.2) is 49.7 Å². The number of carboxylic acid groups (broad SMARTS) is 1. The monoisotopic (exact) mass is 234 g/mol. The highest BCUT2D eigenvalue weighted by molar-refractivity contribution is 5.66. The minimum Gasteiger partial charge on any atom is -0.481 e. The van der Waals surface area contributed by atoms with Crippen molar-refractivity contribution >= 4 is 5.97 Å². The lowest BCUT2D eigenvalue weighted by Crippen LogP contribution is -2.22. The van der Waals surface area contributed by atoms with Crippen LogP contribution in [0.1, 0.15) is 27.2 Å². The van der Waals surface area contributed by atoms with Crippen molar-refractivity contribution in [2.75, 3.05) is 33.0 Å². The molecule has 16 heavy (non-hydrogen) atoms. The molecule has 0 bridgehead atoms. The van der Waals surface area contributed by atoms with E-state index < -0.39 is 5.97 Å². The van der Waals surface area contributed by atoms with Gasteiger partial charge in [-0.2, -0.15) is 0 Å². The van der Waals surface area contributed by atoms with Crippen LogP contribution in [0.4, 0.5) is 0 Å². The summed E-state index contributed by atoms with van der Waals surface area (Å²) in [6.07, 6.45) is 0.0349. The van der Waals surface area contributed by atoms with E-state index in [-0.39, 0.29) is 18.6 Å². The van der Waals surface area contributed by atoms with Gasteiger partial charge in [-0.15, -0.1) is 0 Å². The van der Waals surface area contributed by atoms with Crippen molar-refractivity contribution in [2.45, 2.75) is 32.8 Å². The maximum atomic E-state index is 10.1. The van der Waals surface area contributed by atoms with E-state index in [2.05, 4.69) is 0 Å². The van der Waals surface area contributed by atoms with Crippen molar-refractivity contribution in [3.8, 4) is 0 Å². The Morgan fingerprint density at radius 1 is 1.00 bits per heavy atom. The molecule has 0 saturated heterocycles. The van der Waals surface area contributed by atoms with Gasteiger partial charge in [0.2, 0.25) is 0 Å². The van der Waals surface area contributed by atoms with E-state index in [1.165, 1.54) is 0 Å². The zero-order chi connectivity index (χ0) is 12.4. The molecule has 0 unspecified atom stereocenters. The smallest absolute Gasteiger partial charge is 0.305 e. The molecule has 0 atom stereocenters. The van der Waals surface area contributed by atoms with Gasteiger partial charge in [-0.3, -0.25) is 4.79 Å². The number of ether oxygens (including phenoxy) is 3. The maximum Gasteiger partial charge on any atom is 0.305 e. The molecule has 1 N–H and O–H groups in total. The molecule has 0 aliphatic rings. The fourth-order valence-electron chi connectivity index (χ4n) is 0.888. The minimum atomic E-state index is -0.848. The first-order valence-electron chi connectivity index (χ1n) is 5.43. The summed E-state index contributed by atoms with van der Waals surface area (Å²) in [5.74, 6) is -0.848. The van der Waals surface area contributed by atoms with Crippen LogP contribution in [0, 0.1) is 0 Å². The van der Waals surface area contributed by atoms with Crippen LogP contribution in [0.2, 0.25) is 0 Å². The fourth-order valence-corrected chi connectivity index (χ4v) is 0.888. The molecule has 0 spiro atoms. The van der Waals surface area contributed by atoms with Gasteiger partial charge in [-0.1, -0.05) is 0 Å². The molecule has 0 aliphatic carbocycles. The van der Waals surface area contributed by atoms with E-state index in [4.69, 9.17) is 19.3 Å². The highest BCUT2D eigenvalue weighted by atomic mass is 16.5. The molecular formula is C11H22O5. The summed E-state index contributed by atoms with van der Waals surface area (Å²) in [5.41, 5.74) is -0.138. The second-order valence-electron chi connectivity index (χ2n) is 4.33. The molecule has 0 radical (unpaired) electrons. The van der Waals surface area contributed by atoms with E-state index >= 15 is 0 Å². The van der Waals surface area contributed by atoms with Gasteiger partial charge in [-0.05, 0) is 20.8 Å². The summed E-state index contributed by atoms with van der Waals surface area (Å²) >= 11 is 0. The molecule has 96 valence electrons. The first-order valence-corrected chi connectivity index (χ1v) is 5.43. The molecule has 0 fully saturated rings. The first kappa shape index (κ1) is 15.3. The van der Waals surface area contributed by atoms with Crippen molar-refractivity contribution < 1.29 is 24.1 Å². The van der Waals surface area contributed by atoms with E-state index in [0.717, 1.165) is 0 Å². The fraction of sp³-hybridized carbons (Fsp3) is 0.909. The van der Waals surface area contributed by atoms with Crippen LogP contribution in [0.25, 0.3) is 0 Å². The van der Waals surface area contributed by atoms with Crippen LogP contribution >= 0.6 is 0 Å². The Morgan fingerprint density at radius 3 is 2.00 bits per heavy atom. The SMILES string of the molecule is CC(C)(C)OCCOCCOCCC(=O)O. The molecule has 0 saturated carbocycles. The molecule has 0 rings (SSSR count). The number of hydrogen-bond donors (Lipinski definition) is 1. The number of hydrogen-bond acceptors (Lipinski definition) is 4. The summed E-state index contributed by atoms with van der Waals surface area (Å²) in [7, 11) is 0. The van der Waals surface area contributed by atoms with Gasteiger partial charge in [-0.25, -0.2) is 0 Å². The van der Waals surface area contributed by atoms with Gasteiger partial charge in [0.25, 0.3) is 0 Å². The lowest BCUT2D eigenvalue weighted by atomic mass is 10.2. The highest BCUT2D eigenvalue weighted by Gasteiger charge is 2.08. The zero-order valence-corrected chi connectivity index (χ0v) is 10.3. The standard InChI is InChI=1S/C11H22O5/c1-11(2,3)16-9-8-15-7-6-14-5-4-10(12)13/h4-9H2,1-3H3,(H,12,13). The van der Waals surface area contributed by atoms with Crippen molar-refractivity contribution in [3.05, 3.63) is 0 Å². The highest BCUT2D eigenvalue weighted by Crippen LogP contribution is 2.05.